The van der Waals surface area contributed by atoms with Crippen molar-refractivity contribution in [1.82, 2.24) is 10.6 Å². The van der Waals surface area contributed by atoms with Crippen LogP contribution in [-0.2, 0) is 0 Å². The highest BCUT2D eigenvalue weighted by Crippen LogP contribution is 2.28. The van der Waals surface area contributed by atoms with Gasteiger partial charge in [0.2, 0.25) is 0 Å². The lowest BCUT2D eigenvalue weighted by Gasteiger charge is -2.30. The average molecular weight is 603 g/mol. The summed E-state index contributed by atoms with van der Waals surface area (Å²) in [4.78, 5) is 2.20. The number of nitrogens with two attached hydrogens (primary N) is 1. The van der Waals surface area contributed by atoms with Crippen molar-refractivity contribution in [1.29, 1.82) is 0 Å². The van der Waals surface area contributed by atoms with E-state index in [1.54, 1.807) is 13.2 Å². The number of nitrogens with zero attached hydrogens (tertiary/aromatic N) is 1. The van der Waals surface area contributed by atoms with Crippen molar-refractivity contribution >= 4 is 71.8 Å². The van der Waals surface area contributed by atoms with Gasteiger partial charge in [-0.1, -0.05) is 0 Å². The number of ether oxygens (including phenoxy) is 2. The molecule has 0 unspecified atom stereocenters. The Labute approximate surface area is 235 Å². The summed E-state index contributed by atoms with van der Waals surface area (Å²) in [6.45, 7) is 5.49. The van der Waals surface area contributed by atoms with Gasteiger partial charge in [0, 0.05) is 63.2 Å². The predicted octanol–water partition coefficient (Wildman–Crippen LogP) is 4.98. The van der Waals surface area contributed by atoms with Crippen molar-refractivity contribution in [3.8, 4) is 11.5 Å². The molecule has 1 heterocycles. The van der Waals surface area contributed by atoms with Gasteiger partial charge in [-0.25, -0.2) is 8.78 Å². The van der Waals surface area contributed by atoms with Crippen LogP contribution in [-0.4, -0.2) is 65.2 Å². The Kier molecular flexibility index (Phi) is 25.5. The van der Waals surface area contributed by atoms with E-state index in [-0.39, 0.29) is 48.9 Å². The molecule has 4 N–H and O–H groups in total. The highest BCUT2D eigenvalue weighted by Gasteiger charge is 2.14. The van der Waals surface area contributed by atoms with Crippen LogP contribution in [0.2, 0.25) is 0 Å². The van der Waals surface area contributed by atoms with Crippen LogP contribution in [0.5, 0.6) is 11.5 Å². The molecule has 1 saturated heterocycles. The first-order valence-corrected chi connectivity index (χ1v) is 11.2. The summed E-state index contributed by atoms with van der Waals surface area (Å²) in [6, 6.07) is 8.68. The Hall–Kier alpha value is -1.13. The van der Waals surface area contributed by atoms with Gasteiger partial charge in [-0.3, -0.25) is 0 Å². The van der Waals surface area contributed by atoms with Crippen LogP contribution in [0.4, 0.5) is 20.2 Å². The number of alkyl halides is 2. The van der Waals surface area contributed by atoms with E-state index in [1.165, 1.54) is 37.4 Å². The zero-order chi connectivity index (χ0) is 23.8. The number of halogens is 7. The molecule has 3 rings (SSSR count). The maximum atomic E-state index is 13.0. The van der Waals surface area contributed by atoms with Gasteiger partial charge in [0.05, 0.1) is 25.6 Å². The molecule has 0 saturated carbocycles. The van der Waals surface area contributed by atoms with Crippen LogP contribution >= 0.6 is 60.4 Å². The zero-order valence-electron chi connectivity index (χ0n) is 19.7. The Morgan fingerprint density at radius 1 is 0.886 bits per heavy atom. The molecule has 1 aliphatic heterocycles. The molecule has 0 atom stereocenters. The van der Waals surface area contributed by atoms with Gasteiger partial charge in [-0.15, -0.1) is 60.4 Å². The third kappa shape index (κ3) is 15.6. The topological polar surface area (TPSA) is 71.8 Å². The molecule has 1 aliphatic rings. The summed E-state index contributed by atoms with van der Waals surface area (Å²) in [5.41, 5.74) is 6.83. The van der Waals surface area contributed by atoms with Crippen LogP contribution < -0.4 is 30.7 Å². The highest BCUT2D eigenvalue weighted by molar-refractivity contribution is 6.18. The van der Waals surface area contributed by atoms with Gasteiger partial charge in [-0.2, -0.15) is 0 Å². The van der Waals surface area contributed by atoms with Crippen LogP contribution in [0.1, 0.15) is 0 Å². The number of benzene rings is 2. The van der Waals surface area contributed by atoms with Crippen molar-refractivity contribution in [3.05, 3.63) is 48.0 Å². The molecule has 2 aromatic rings. The Morgan fingerprint density at radius 2 is 1.37 bits per heavy atom. The standard InChI is InChI=1S/C11H15FN2O.C7H8FNO.C4H9Cl2N.3ClH/c1-15-11-8-9(12)2-3-10(11)14-6-4-13-5-7-14;1-10-7-4-5(8)2-3-6(7)9;5-1-3-7-4-2-6;;;/h2-3,8,13H,4-7H2,1H3;2-4H,9H2,1H3;7H,1-4H2;3*1H. The highest BCUT2D eigenvalue weighted by atomic mass is 35.5. The minimum Gasteiger partial charge on any atom is -0.494 e. The Morgan fingerprint density at radius 3 is 1.83 bits per heavy atom. The number of hydrogen-bond donors (Lipinski definition) is 3. The summed E-state index contributed by atoms with van der Waals surface area (Å²) in [7, 11) is 3.02. The van der Waals surface area contributed by atoms with E-state index in [0.29, 0.717) is 28.9 Å². The third-order valence-electron chi connectivity index (χ3n) is 4.34. The zero-order valence-corrected chi connectivity index (χ0v) is 23.7. The van der Waals surface area contributed by atoms with E-state index in [2.05, 4.69) is 15.5 Å². The van der Waals surface area contributed by atoms with E-state index in [4.69, 9.17) is 38.4 Å². The van der Waals surface area contributed by atoms with E-state index in [0.717, 1.165) is 45.0 Å². The molecule has 0 bridgehead atoms. The number of methoxy groups -OCH3 is 2. The summed E-state index contributed by atoms with van der Waals surface area (Å²) < 4.78 is 35.3. The lowest BCUT2D eigenvalue weighted by molar-refractivity contribution is 0.409. The van der Waals surface area contributed by atoms with Gasteiger partial charge in [0.15, 0.2) is 0 Å². The molecule has 6 nitrogen and oxygen atoms in total. The SMILES string of the molecule is COc1cc(F)ccc1N.COc1cc(F)ccc1N1CCNCC1.Cl.Cl.Cl.ClCCNCCCl. The predicted molar refractivity (Wildman–Crippen MR) is 151 cm³/mol. The van der Waals surface area contributed by atoms with Crippen molar-refractivity contribution in [2.24, 2.45) is 0 Å². The second-order valence-electron chi connectivity index (χ2n) is 6.57. The summed E-state index contributed by atoms with van der Waals surface area (Å²) >= 11 is 10.7. The van der Waals surface area contributed by atoms with Crippen LogP contribution in [0.15, 0.2) is 36.4 Å². The molecule has 35 heavy (non-hydrogen) atoms. The number of rotatable bonds is 7. The first kappa shape index (κ1) is 38.4. The monoisotopic (exact) mass is 600 g/mol. The molecule has 0 spiro atoms. The maximum absolute atomic E-state index is 13.0. The number of piperazine rings is 1. The maximum Gasteiger partial charge on any atom is 0.145 e. The van der Waals surface area contributed by atoms with Gasteiger partial charge in [-0.05, 0) is 24.3 Å². The van der Waals surface area contributed by atoms with Gasteiger partial charge in [0.25, 0.3) is 0 Å². The molecule has 0 amide bonds. The molecule has 13 heteroatoms. The van der Waals surface area contributed by atoms with Crippen LogP contribution in [0.25, 0.3) is 0 Å². The molecule has 0 aliphatic carbocycles. The summed E-state index contributed by atoms with van der Waals surface area (Å²) in [5, 5.41) is 6.30. The fraction of sp³-hybridized carbons (Fsp3) is 0.455. The molecular weight excluding hydrogens is 568 g/mol. The van der Waals surface area contributed by atoms with E-state index >= 15 is 0 Å². The van der Waals surface area contributed by atoms with E-state index in [9.17, 15) is 8.78 Å². The van der Waals surface area contributed by atoms with Crippen molar-refractivity contribution in [3.63, 3.8) is 0 Å². The largest absolute Gasteiger partial charge is 0.494 e. The van der Waals surface area contributed by atoms with E-state index < -0.39 is 0 Å². The summed E-state index contributed by atoms with van der Waals surface area (Å²) in [5.74, 6) is 1.71. The third-order valence-corrected chi connectivity index (χ3v) is 4.72. The number of anilines is 2. The average Bonchev–Trinajstić information content (AvgIpc) is 2.82. The summed E-state index contributed by atoms with van der Waals surface area (Å²) in [6.07, 6.45) is 0. The fourth-order valence-corrected chi connectivity index (χ4v) is 3.03. The van der Waals surface area contributed by atoms with Crippen molar-refractivity contribution < 1.29 is 18.3 Å². The molecule has 204 valence electrons. The number of nitrogen functional groups attached to an aromatic ring is 1. The molecule has 0 radical (unpaired) electrons. The van der Waals surface area contributed by atoms with Crippen molar-refractivity contribution in [2.45, 2.75) is 0 Å². The smallest absolute Gasteiger partial charge is 0.145 e. The first-order chi connectivity index (χ1) is 15.5. The van der Waals surface area contributed by atoms with E-state index in [1.807, 2.05) is 0 Å². The molecular formula is C22H35Cl5F2N4O2. The Bertz CT molecular complexity index is 788. The lowest BCUT2D eigenvalue weighted by Crippen LogP contribution is -2.43. The second kappa shape index (κ2) is 23.3. The second-order valence-corrected chi connectivity index (χ2v) is 7.32. The fourth-order valence-electron chi connectivity index (χ4n) is 2.76. The van der Waals surface area contributed by atoms with Gasteiger partial charge < -0.3 is 30.7 Å². The van der Waals surface area contributed by atoms with Gasteiger partial charge >= 0.3 is 0 Å². The lowest BCUT2D eigenvalue weighted by atomic mass is 10.2. The minimum atomic E-state index is -0.342. The molecule has 2 aromatic carbocycles. The Balaban J connectivity index is -0.000000453. The molecule has 0 aromatic heterocycles. The van der Waals surface area contributed by atoms with Crippen LogP contribution in [0, 0.1) is 11.6 Å². The number of hydrogen-bond acceptors (Lipinski definition) is 6. The quantitative estimate of drug-likeness (QED) is 0.236. The minimum absolute atomic E-state index is 0. The number of nitrogens with one attached hydrogen (secondary N) is 2. The molecule has 1 fully saturated rings. The van der Waals surface area contributed by atoms with Crippen LogP contribution in [0.3, 0.4) is 0 Å². The van der Waals surface area contributed by atoms with Crippen molar-refractivity contribution in [2.75, 3.05) is 75.9 Å². The normalized spacial score (nSPS) is 11.7. The first-order valence-electron chi connectivity index (χ1n) is 10.2. The van der Waals surface area contributed by atoms with Gasteiger partial charge in [0.1, 0.15) is 23.1 Å².